The van der Waals surface area contributed by atoms with Gasteiger partial charge in [-0.25, -0.2) is 0 Å². The van der Waals surface area contributed by atoms with Gasteiger partial charge in [-0.1, -0.05) is 36.2 Å². The lowest BCUT2D eigenvalue weighted by Gasteiger charge is -2.35. The molecule has 6 heteroatoms. The van der Waals surface area contributed by atoms with Crippen LogP contribution in [0.4, 0.5) is 0 Å². The van der Waals surface area contributed by atoms with Crippen LogP contribution in [-0.2, 0) is 0 Å². The minimum Gasteiger partial charge on any atom is -0.392 e. The van der Waals surface area contributed by atoms with Crippen molar-refractivity contribution in [2.24, 2.45) is 0 Å². The van der Waals surface area contributed by atoms with Crippen LogP contribution in [0.15, 0.2) is 18.2 Å². The summed E-state index contributed by atoms with van der Waals surface area (Å²) in [6, 6.07) is 5.10. The summed E-state index contributed by atoms with van der Waals surface area (Å²) in [4.78, 5) is 16.4. The number of benzene rings is 1. The van der Waals surface area contributed by atoms with E-state index in [1.54, 1.807) is 23.1 Å². The molecular weight excluding hydrogens is 311 g/mol. The first-order chi connectivity index (χ1) is 10.0. The molecule has 1 aliphatic heterocycles. The van der Waals surface area contributed by atoms with Crippen molar-refractivity contribution in [3.05, 3.63) is 33.8 Å². The molecule has 0 spiro atoms. The third kappa shape index (κ3) is 4.10. The average molecular weight is 331 g/mol. The van der Waals surface area contributed by atoms with E-state index < -0.39 is 0 Å². The fraction of sp³-hybridized carbons (Fsp3) is 0.533. The Morgan fingerprint density at radius 1 is 1.29 bits per heavy atom. The molecule has 0 bridgehead atoms. The zero-order valence-corrected chi connectivity index (χ0v) is 13.6. The van der Waals surface area contributed by atoms with Gasteiger partial charge in [0.05, 0.1) is 21.7 Å². The van der Waals surface area contributed by atoms with E-state index in [2.05, 4.69) is 4.90 Å². The fourth-order valence-corrected chi connectivity index (χ4v) is 2.78. The molecule has 1 aliphatic rings. The first kappa shape index (κ1) is 16.6. The monoisotopic (exact) mass is 330 g/mol. The second-order valence-corrected chi connectivity index (χ2v) is 6.04. The Morgan fingerprint density at radius 3 is 2.57 bits per heavy atom. The number of carbonyl (C=O) groups excluding carboxylic acids is 1. The number of rotatable bonds is 4. The van der Waals surface area contributed by atoms with Gasteiger partial charge in [0, 0.05) is 32.7 Å². The molecular formula is C15H20Cl2N2O2. The van der Waals surface area contributed by atoms with Crippen LogP contribution in [0, 0.1) is 0 Å². The van der Waals surface area contributed by atoms with Crippen molar-refractivity contribution in [2.75, 3.05) is 32.7 Å². The first-order valence-electron chi connectivity index (χ1n) is 7.16. The molecule has 0 aliphatic carbocycles. The second kappa shape index (κ2) is 7.45. The van der Waals surface area contributed by atoms with Gasteiger partial charge in [0.15, 0.2) is 0 Å². The van der Waals surface area contributed by atoms with Crippen LogP contribution in [0.2, 0.25) is 10.0 Å². The number of hydrogen-bond acceptors (Lipinski definition) is 3. The number of β-amino-alcohol motifs (C(OH)–C–C–N with tert-alkyl or cyclic N) is 1. The number of carbonyl (C=O) groups is 1. The van der Waals surface area contributed by atoms with Crippen molar-refractivity contribution in [1.82, 2.24) is 9.80 Å². The van der Waals surface area contributed by atoms with E-state index in [0.717, 1.165) is 19.5 Å². The molecule has 1 fully saturated rings. The highest BCUT2D eigenvalue weighted by atomic mass is 35.5. The van der Waals surface area contributed by atoms with E-state index in [1.165, 1.54) is 0 Å². The maximum Gasteiger partial charge on any atom is 0.255 e. The summed E-state index contributed by atoms with van der Waals surface area (Å²) in [7, 11) is 0. The van der Waals surface area contributed by atoms with Gasteiger partial charge in [-0.3, -0.25) is 9.69 Å². The number of nitrogens with zero attached hydrogens (tertiary/aromatic N) is 2. The maximum atomic E-state index is 12.5. The van der Waals surface area contributed by atoms with Crippen LogP contribution >= 0.6 is 23.2 Å². The molecule has 1 saturated heterocycles. The lowest BCUT2D eigenvalue weighted by molar-refractivity contribution is 0.0524. The molecule has 0 aromatic heterocycles. The highest BCUT2D eigenvalue weighted by molar-refractivity contribution is 6.43. The number of aliphatic hydroxyl groups excluding tert-OH is 1. The van der Waals surface area contributed by atoms with Crippen molar-refractivity contribution in [2.45, 2.75) is 19.4 Å². The van der Waals surface area contributed by atoms with Gasteiger partial charge >= 0.3 is 0 Å². The quantitative estimate of drug-likeness (QED) is 0.922. The molecule has 0 unspecified atom stereocenters. The van der Waals surface area contributed by atoms with Crippen LogP contribution < -0.4 is 0 Å². The van der Waals surface area contributed by atoms with Gasteiger partial charge in [0.25, 0.3) is 5.91 Å². The predicted octanol–water partition coefficient (Wildman–Crippen LogP) is 2.52. The number of aliphatic hydroxyl groups is 1. The topological polar surface area (TPSA) is 43.8 Å². The molecule has 21 heavy (non-hydrogen) atoms. The molecule has 1 amide bonds. The average Bonchev–Trinajstić information content (AvgIpc) is 2.50. The largest absolute Gasteiger partial charge is 0.392 e. The van der Waals surface area contributed by atoms with Gasteiger partial charge in [-0.15, -0.1) is 0 Å². The van der Waals surface area contributed by atoms with Crippen LogP contribution in [0.5, 0.6) is 0 Å². The lowest BCUT2D eigenvalue weighted by atomic mass is 10.1. The van der Waals surface area contributed by atoms with Gasteiger partial charge in [0.1, 0.15) is 0 Å². The van der Waals surface area contributed by atoms with E-state index in [9.17, 15) is 9.90 Å². The van der Waals surface area contributed by atoms with E-state index >= 15 is 0 Å². The summed E-state index contributed by atoms with van der Waals surface area (Å²) in [5.74, 6) is -0.0850. The second-order valence-electron chi connectivity index (χ2n) is 5.26. The van der Waals surface area contributed by atoms with Gasteiger partial charge in [0.2, 0.25) is 0 Å². The van der Waals surface area contributed by atoms with Crippen molar-refractivity contribution in [3.8, 4) is 0 Å². The minimum absolute atomic E-state index is 0.0850. The van der Waals surface area contributed by atoms with Crippen LogP contribution in [-0.4, -0.2) is 59.6 Å². The zero-order valence-electron chi connectivity index (χ0n) is 12.1. The predicted molar refractivity (Wildman–Crippen MR) is 85.1 cm³/mol. The van der Waals surface area contributed by atoms with Gasteiger partial charge in [-0.2, -0.15) is 0 Å². The number of amides is 1. The van der Waals surface area contributed by atoms with Crippen molar-refractivity contribution in [1.29, 1.82) is 0 Å². The third-order valence-corrected chi connectivity index (χ3v) is 4.60. The molecule has 1 heterocycles. The van der Waals surface area contributed by atoms with Crippen LogP contribution in [0.3, 0.4) is 0 Å². The van der Waals surface area contributed by atoms with E-state index in [1.807, 2.05) is 6.92 Å². The highest BCUT2D eigenvalue weighted by Crippen LogP contribution is 2.26. The number of piperazine rings is 1. The van der Waals surface area contributed by atoms with Crippen molar-refractivity contribution >= 4 is 29.1 Å². The number of hydrogen-bond donors (Lipinski definition) is 1. The summed E-state index contributed by atoms with van der Waals surface area (Å²) in [6.45, 7) is 5.43. The van der Waals surface area contributed by atoms with Gasteiger partial charge < -0.3 is 10.0 Å². The molecule has 2 rings (SSSR count). The standard InChI is InChI=1S/C15H20Cl2N2O2/c1-2-11(20)10-18-6-8-19(9-7-18)15(21)12-4-3-5-13(16)14(12)17/h3-5,11,20H,2,6-10H2,1H3/t11-/m1/s1. The number of halogens is 2. The Labute approximate surface area is 135 Å². The van der Waals surface area contributed by atoms with E-state index in [0.29, 0.717) is 35.2 Å². The molecule has 0 radical (unpaired) electrons. The first-order valence-corrected chi connectivity index (χ1v) is 7.92. The van der Waals surface area contributed by atoms with E-state index in [4.69, 9.17) is 23.2 Å². The summed E-state index contributed by atoms with van der Waals surface area (Å²) < 4.78 is 0. The molecule has 1 atom stereocenters. The zero-order chi connectivity index (χ0) is 15.4. The Morgan fingerprint density at radius 2 is 1.95 bits per heavy atom. The van der Waals surface area contributed by atoms with Crippen molar-refractivity contribution < 1.29 is 9.90 Å². The molecule has 1 aromatic rings. The van der Waals surface area contributed by atoms with E-state index in [-0.39, 0.29) is 12.0 Å². The molecule has 1 aromatic carbocycles. The lowest BCUT2D eigenvalue weighted by Crippen LogP contribution is -2.50. The summed E-state index contributed by atoms with van der Waals surface area (Å²) in [5.41, 5.74) is 0.450. The minimum atomic E-state index is -0.297. The highest BCUT2D eigenvalue weighted by Gasteiger charge is 2.24. The molecule has 4 nitrogen and oxygen atoms in total. The summed E-state index contributed by atoms with van der Waals surface area (Å²) in [5, 5.41) is 10.4. The van der Waals surface area contributed by atoms with Crippen molar-refractivity contribution in [3.63, 3.8) is 0 Å². The Bertz CT molecular complexity index is 502. The summed E-state index contributed by atoms with van der Waals surface area (Å²) >= 11 is 12.1. The van der Waals surface area contributed by atoms with Crippen LogP contribution in [0.1, 0.15) is 23.7 Å². The Hall–Kier alpha value is -0.810. The summed E-state index contributed by atoms with van der Waals surface area (Å²) in [6.07, 6.45) is 0.451. The third-order valence-electron chi connectivity index (χ3n) is 3.78. The SMILES string of the molecule is CC[C@@H](O)CN1CCN(C(=O)c2cccc(Cl)c2Cl)CC1. The molecule has 1 N–H and O–H groups in total. The smallest absolute Gasteiger partial charge is 0.255 e. The molecule has 116 valence electrons. The Kier molecular flexibility index (Phi) is 5.88. The maximum absolute atomic E-state index is 12.5. The molecule has 0 saturated carbocycles. The van der Waals surface area contributed by atoms with Gasteiger partial charge in [-0.05, 0) is 18.6 Å². The Balaban J connectivity index is 1.96. The van der Waals surface area contributed by atoms with Crippen LogP contribution in [0.25, 0.3) is 0 Å². The normalized spacial score (nSPS) is 17.8. The fourth-order valence-electron chi connectivity index (χ4n) is 2.40.